The summed E-state index contributed by atoms with van der Waals surface area (Å²) in [6.07, 6.45) is 8.95. The average molecular weight is 215 g/mol. The summed E-state index contributed by atoms with van der Waals surface area (Å²) in [5, 5.41) is 8.79. The van der Waals surface area contributed by atoms with Crippen LogP contribution in [0.1, 0.15) is 65.2 Å². The van der Waals surface area contributed by atoms with Crippen LogP contribution < -0.4 is 5.73 Å². The van der Waals surface area contributed by atoms with Gasteiger partial charge in [0, 0.05) is 0 Å². The van der Waals surface area contributed by atoms with Gasteiger partial charge in [0.1, 0.15) is 5.54 Å². The van der Waals surface area contributed by atoms with Crippen molar-refractivity contribution in [1.29, 1.82) is 0 Å². The first-order valence-electron chi connectivity index (χ1n) is 6.03. The minimum atomic E-state index is -1.04. The zero-order valence-electron chi connectivity index (χ0n) is 10.1. The lowest BCUT2D eigenvalue weighted by atomic mass is 9.95. The topological polar surface area (TPSA) is 63.3 Å². The SMILES string of the molecule is CCCCCCCCC[C@](C)(N)C(=O)O. The zero-order valence-corrected chi connectivity index (χ0v) is 10.1. The summed E-state index contributed by atoms with van der Waals surface area (Å²) in [6, 6.07) is 0. The molecule has 0 aliphatic rings. The van der Waals surface area contributed by atoms with Crippen molar-refractivity contribution in [2.45, 2.75) is 70.8 Å². The molecule has 3 heteroatoms. The number of hydrogen-bond donors (Lipinski definition) is 2. The van der Waals surface area contributed by atoms with E-state index in [2.05, 4.69) is 6.92 Å². The monoisotopic (exact) mass is 215 g/mol. The molecule has 0 rings (SSSR count). The zero-order chi connectivity index (χ0) is 11.7. The van der Waals surface area contributed by atoms with Crippen molar-refractivity contribution in [3.8, 4) is 0 Å². The van der Waals surface area contributed by atoms with Crippen LogP contribution in [-0.2, 0) is 4.79 Å². The summed E-state index contributed by atoms with van der Waals surface area (Å²) in [5.41, 5.74) is 4.58. The Morgan fingerprint density at radius 3 is 2.07 bits per heavy atom. The largest absolute Gasteiger partial charge is 0.480 e. The van der Waals surface area contributed by atoms with Crippen molar-refractivity contribution < 1.29 is 9.90 Å². The summed E-state index contributed by atoms with van der Waals surface area (Å²) < 4.78 is 0. The van der Waals surface area contributed by atoms with E-state index >= 15 is 0 Å². The Bertz CT molecular complexity index is 178. The average Bonchev–Trinajstić information content (AvgIpc) is 2.16. The van der Waals surface area contributed by atoms with Gasteiger partial charge in [-0.05, 0) is 13.3 Å². The molecule has 0 saturated carbocycles. The summed E-state index contributed by atoms with van der Waals surface area (Å²) >= 11 is 0. The Balaban J connectivity index is 3.35. The fourth-order valence-electron chi connectivity index (χ4n) is 1.56. The highest BCUT2D eigenvalue weighted by Crippen LogP contribution is 2.14. The molecule has 0 aromatic rings. The summed E-state index contributed by atoms with van der Waals surface area (Å²) in [7, 11) is 0. The van der Waals surface area contributed by atoms with Gasteiger partial charge in [0.2, 0.25) is 0 Å². The fraction of sp³-hybridized carbons (Fsp3) is 0.917. The highest BCUT2D eigenvalue weighted by molar-refractivity contribution is 5.77. The quantitative estimate of drug-likeness (QED) is 0.581. The standard InChI is InChI=1S/C12H25NO2/c1-3-4-5-6-7-8-9-10-12(2,13)11(14)15/h3-10,13H2,1-2H3,(H,14,15)/t12-/m0/s1. The maximum atomic E-state index is 10.7. The van der Waals surface area contributed by atoms with E-state index in [4.69, 9.17) is 10.8 Å². The molecule has 0 heterocycles. The smallest absolute Gasteiger partial charge is 0.323 e. The van der Waals surface area contributed by atoms with E-state index in [-0.39, 0.29) is 0 Å². The molecule has 1 atom stereocenters. The molecule has 0 unspecified atom stereocenters. The van der Waals surface area contributed by atoms with E-state index in [9.17, 15) is 4.79 Å². The van der Waals surface area contributed by atoms with Gasteiger partial charge >= 0.3 is 5.97 Å². The van der Waals surface area contributed by atoms with Crippen LogP contribution in [0.15, 0.2) is 0 Å². The first-order chi connectivity index (χ1) is 7.00. The van der Waals surface area contributed by atoms with E-state index in [1.165, 1.54) is 32.1 Å². The molecule has 0 radical (unpaired) electrons. The second kappa shape index (κ2) is 7.69. The van der Waals surface area contributed by atoms with Crippen LogP contribution in [0.2, 0.25) is 0 Å². The van der Waals surface area contributed by atoms with Crippen molar-refractivity contribution in [2.75, 3.05) is 0 Å². The first-order valence-corrected chi connectivity index (χ1v) is 6.03. The van der Waals surface area contributed by atoms with Gasteiger partial charge < -0.3 is 10.8 Å². The maximum absolute atomic E-state index is 10.7. The lowest BCUT2D eigenvalue weighted by Crippen LogP contribution is -2.44. The molecule has 0 spiro atoms. The van der Waals surface area contributed by atoms with Crippen LogP contribution in [0.4, 0.5) is 0 Å². The van der Waals surface area contributed by atoms with Gasteiger partial charge in [-0.25, -0.2) is 0 Å². The predicted octanol–water partition coefficient (Wildman–Crippen LogP) is 2.93. The number of rotatable bonds is 9. The second-order valence-electron chi connectivity index (χ2n) is 4.59. The third-order valence-corrected chi connectivity index (χ3v) is 2.79. The van der Waals surface area contributed by atoms with Gasteiger partial charge in [-0.1, -0.05) is 51.9 Å². The van der Waals surface area contributed by atoms with Crippen molar-refractivity contribution in [3.63, 3.8) is 0 Å². The van der Waals surface area contributed by atoms with Crippen molar-refractivity contribution in [1.82, 2.24) is 0 Å². The molecule has 0 aromatic heterocycles. The number of unbranched alkanes of at least 4 members (excludes halogenated alkanes) is 6. The van der Waals surface area contributed by atoms with Crippen LogP contribution in [0.25, 0.3) is 0 Å². The third-order valence-electron chi connectivity index (χ3n) is 2.79. The molecule has 0 aromatic carbocycles. The Labute approximate surface area is 93.0 Å². The summed E-state index contributed by atoms with van der Waals surface area (Å²) in [4.78, 5) is 10.7. The van der Waals surface area contributed by atoms with Crippen LogP contribution >= 0.6 is 0 Å². The van der Waals surface area contributed by atoms with Gasteiger partial charge in [-0.15, -0.1) is 0 Å². The van der Waals surface area contributed by atoms with E-state index in [0.29, 0.717) is 6.42 Å². The van der Waals surface area contributed by atoms with Gasteiger partial charge in [0.05, 0.1) is 0 Å². The Morgan fingerprint density at radius 2 is 1.60 bits per heavy atom. The molecule has 0 saturated heterocycles. The highest BCUT2D eigenvalue weighted by atomic mass is 16.4. The van der Waals surface area contributed by atoms with Crippen LogP contribution in [0, 0.1) is 0 Å². The molecule has 0 bridgehead atoms. The van der Waals surface area contributed by atoms with E-state index in [1.807, 2.05) is 0 Å². The van der Waals surface area contributed by atoms with Gasteiger partial charge in [0.25, 0.3) is 0 Å². The van der Waals surface area contributed by atoms with Gasteiger partial charge in [0.15, 0.2) is 0 Å². The number of carboxylic acid groups (broad SMARTS) is 1. The molecule has 90 valence electrons. The van der Waals surface area contributed by atoms with Crippen LogP contribution in [0.3, 0.4) is 0 Å². The highest BCUT2D eigenvalue weighted by Gasteiger charge is 2.26. The number of nitrogens with two attached hydrogens (primary N) is 1. The molecule has 3 N–H and O–H groups in total. The third kappa shape index (κ3) is 7.37. The maximum Gasteiger partial charge on any atom is 0.323 e. The molecule has 3 nitrogen and oxygen atoms in total. The Kier molecular flexibility index (Phi) is 7.39. The fourth-order valence-corrected chi connectivity index (χ4v) is 1.56. The van der Waals surface area contributed by atoms with Crippen LogP contribution in [0.5, 0.6) is 0 Å². The molecule has 0 amide bonds. The predicted molar refractivity (Wildman–Crippen MR) is 62.8 cm³/mol. The lowest BCUT2D eigenvalue weighted by molar-refractivity contribution is -0.142. The molecule has 0 fully saturated rings. The minimum absolute atomic E-state index is 0.579. The molecular weight excluding hydrogens is 190 g/mol. The van der Waals surface area contributed by atoms with E-state index in [0.717, 1.165) is 12.8 Å². The molecular formula is C12H25NO2. The number of carbonyl (C=O) groups is 1. The number of carboxylic acids is 1. The lowest BCUT2D eigenvalue weighted by Gasteiger charge is -2.18. The van der Waals surface area contributed by atoms with Crippen molar-refractivity contribution in [2.24, 2.45) is 5.73 Å². The normalized spacial score (nSPS) is 14.9. The molecule has 0 aliphatic carbocycles. The van der Waals surface area contributed by atoms with Gasteiger partial charge in [-0.2, -0.15) is 0 Å². The second-order valence-corrected chi connectivity index (χ2v) is 4.59. The Morgan fingerprint density at radius 1 is 1.13 bits per heavy atom. The van der Waals surface area contributed by atoms with Crippen molar-refractivity contribution >= 4 is 5.97 Å². The Hall–Kier alpha value is -0.570. The van der Waals surface area contributed by atoms with Crippen LogP contribution in [-0.4, -0.2) is 16.6 Å². The summed E-state index contributed by atoms with van der Waals surface area (Å²) in [5.74, 6) is -0.895. The van der Waals surface area contributed by atoms with E-state index < -0.39 is 11.5 Å². The minimum Gasteiger partial charge on any atom is -0.480 e. The summed E-state index contributed by atoms with van der Waals surface area (Å²) in [6.45, 7) is 3.79. The number of hydrogen-bond acceptors (Lipinski definition) is 2. The van der Waals surface area contributed by atoms with Crippen molar-refractivity contribution in [3.05, 3.63) is 0 Å². The molecule has 15 heavy (non-hydrogen) atoms. The van der Waals surface area contributed by atoms with E-state index in [1.54, 1.807) is 6.92 Å². The van der Waals surface area contributed by atoms with Gasteiger partial charge in [-0.3, -0.25) is 4.79 Å². The molecule has 0 aliphatic heterocycles. The first kappa shape index (κ1) is 14.4. The number of aliphatic carboxylic acids is 1.